The Labute approximate surface area is 278 Å². The van der Waals surface area contributed by atoms with Crippen LogP contribution in [-0.4, -0.2) is 166 Å². The van der Waals surface area contributed by atoms with Gasteiger partial charge in [-0.3, -0.25) is 4.79 Å². The van der Waals surface area contributed by atoms with Crippen LogP contribution in [-0.2, 0) is 23.7 Å². The first-order chi connectivity index (χ1) is 22.7. The van der Waals surface area contributed by atoms with Gasteiger partial charge in [-0.25, -0.2) is 4.99 Å². The summed E-state index contributed by atoms with van der Waals surface area (Å²) in [5, 5.41) is 69.2. The molecule has 278 valence electrons. The average Bonchev–Trinajstić information content (AvgIpc) is 3.70. The van der Waals surface area contributed by atoms with Gasteiger partial charge in [0, 0.05) is 25.6 Å². The zero-order valence-corrected chi connectivity index (χ0v) is 26.9. The minimum absolute atomic E-state index is 0.0459. The van der Waals surface area contributed by atoms with Gasteiger partial charge in [0.25, 0.3) is 5.91 Å². The summed E-state index contributed by atoms with van der Waals surface area (Å²) in [6.07, 6.45) is -9.45. The zero-order valence-electron chi connectivity index (χ0n) is 26.9. The molecule has 0 bridgehead atoms. The maximum atomic E-state index is 13.2. The standard InChI is InChI=1S/C28H55N9O11/c29-5-1-2-11(39)8-35-9-12-3-4-13(30)24(45-12)47-22-14(31)6-15(36-26(43)28(44)7-17(28)37-27(33)34)23(21(22)42)48-25-20(41)18(32)19(40)16(10-38)46-25/h11-25,35,38-42,44H,1-10,29-32H2,(H,36,43)(H4,33,34,37)/t11?,12-,13+,14-,15+,16+,17?,18-,19+,20+,21-,22?,23-,24+,25+,28?/m0/s1. The normalized spacial score (nSPS) is 43.7. The summed E-state index contributed by atoms with van der Waals surface area (Å²) in [6.45, 7) is 0.600. The van der Waals surface area contributed by atoms with Crippen LogP contribution in [0.2, 0.25) is 0 Å². The van der Waals surface area contributed by atoms with Crippen molar-refractivity contribution in [3.8, 4) is 0 Å². The van der Waals surface area contributed by atoms with E-state index in [2.05, 4.69) is 15.6 Å². The SMILES string of the molecule is NCCCC(O)CNC[C@@H]1CC[C@@H](N)[C@@H](OC2[C@@H](N)C[C@@H](NC(=O)C3(O)CC3N=C(N)N)[C@H](O[C@H]3O[C@H](CO)[C@@H](O)[C@H](N)[C@H]3O)[C@H]2O)O1. The lowest BCUT2D eigenvalue weighted by Gasteiger charge is -2.48. The van der Waals surface area contributed by atoms with Crippen LogP contribution >= 0.6 is 0 Å². The van der Waals surface area contributed by atoms with Crippen LogP contribution in [0, 0.1) is 0 Å². The summed E-state index contributed by atoms with van der Waals surface area (Å²) in [5.41, 5.74) is 33.2. The number of ether oxygens (including phenoxy) is 4. The van der Waals surface area contributed by atoms with Gasteiger partial charge >= 0.3 is 0 Å². The lowest BCUT2D eigenvalue weighted by molar-refractivity contribution is -0.314. The van der Waals surface area contributed by atoms with Gasteiger partial charge in [0.1, 0.15) is 36.6 Å². The first kappa shape index (κ1) is 38.9. The van der Waals surface area contributed by atoms with Crippen molar-refractivity contribution in [3.63, 3.8) is 0 Å². The number of hydrogen-bond donors (Lipinski definition) is 14. The molecule has 2 saturated carbocycles. The molecule has 2 aliphatic heterocycles. The van der Waals surface area contributed by atoms with Crippen LogP contribution in [0.15, 0.2) is 4.99 Å². The van der Waals surface area contributed by atoms with E-state index in [9.17, 15) is 35.4 Å². The number of hydrogen-bond acceptors (Lipinski definition) is 17. The molecule has 20 nitrogen and oxygen atoms in total. The average molecular weight is 694 g/mol. The number of nitrogens with one attached hydrogen (secondary N) is 2. The molecule has 4 rings (SSSR count). The Balaban J connectivity index is 1.47. The maximum absolute atomic E-state index is 13.2. The molecule has 4 aliphatic rings. The smallest absolute Gasteiger partial charge is 0.254 e. The van der Waals surface area contributed by atoms with Gasteiger partial charge in [0.05, 0.1) is 43.0 Å². The second-order valence-electron chi connectivity index (χ2n) is 13.3. The molecule has 16 atom stereocenters. The Hall–Kier alpha value is -1.86. The van der Waals surface area contributed by atoms with E-state index in [1.165, 1.54) is 0 Å². The number of carbonyl (C=O) groups is 1. The fourth-order valence-corrected chi connectivity index (χ4v) is 6.40. The minimum atomic E-state index is -1.92. The number of rotatable bonds is 15. The molecule has 48 heavy (non-hydrogen) atoms. The van der Waals surface area contributed by atoms with Gasteiger partial charge in [-0.2, -0.15) is 0 Å². The monoisotopic (exact) mass is 693 g/mol. The van der Waals surface area contributed by atoms with Crippen LogP contribution < -0.4 is 45.0 Å². The number of aliphatic hydroxyl groups is 6. The lowest BCUT2D eigenvalue weighted by atomic mass is 9.83. The van der Waals surface area contributed by atoms with E-state index in [0.717, 1.165) is 0 Å². The summed E-state index contributed by atoms with van der Waals surface area (Å²) in [6, 6.07) is -4.71. The number of guanidine groups is 1. The topological polar surface area (TPSA) is 368 Å². The molecular formula is C28H55N9O11. The third-order valence-electron chi connectivity index (χ3n) is 9.44. The predicted octanol–water partition coefficient (Wildman–Crippen LogP) is -7.60. The van der Waals surface area contributed by atoms with Gasteiger partial charge in [-0.05, 0) is 38.6 Å². The molecule has 1 amide bonds. The van der Waals surface area contributed by atoms with Gasteiger partial charge in [0.15, 0.2) is 24.1 Å². The molecule has 0 aromatic rings. The van der Waals surface area contributed by atoms with Gasteiger partial charge in [0.2, 0.25) is 0 Å². The molecule has 20 N–H and O–H groups in total. The number of aliphatic imine (C=N–C) groups is 1. The van der Waals surface area contributed by atoms with E-state index < -0.39 is 104 Å². The van der Waals surface area contributed by atoms with E-state index in [0.29, 0.717) is 45.3 Å². The molecular weight excluding hydrogens is 638 g/mol. The second kappa shape index (κ2) is 16.9. The number of nitrogens with zero attached hydrogens (tertiary/aromatic N) is 1. The molecule has 20 heteroatoms. The first-order valence-electron chi connectivity index (χ1n) is 16.4. The van der Waals surface area contributed by atoms with Crippen LogP contribution in [0.25, 0.3) is 0 Å². The number of aliphatic hydroxyl groups excluding tert-OH is 5. The van der Waals surface area contributed by atoms with Crippen molar-refractivity contribution in [1.29, 1.82) is 0 Å². The minimum Gasteiger partial charge on any atom is -0.394 e. The molecule has 2 aliphatic carbocycles. The van der Waals surface area contributed by atoms with Crippen molar-refractivity contribution < 1.29 is 54.4 Å². The highest BCUT2D eigenvalue weighted by Gasteiger charge is 2.61. The van der Waals surface area contributed by atoms with E-state index in [4.69, 9.17) is 53.3 Å². The van der Waals surface area contributed by atoms with Crippen LogP contribution in [0.5, 0.6) is 0 Å². The van der Waals surface area contributed by atoms with E-state index in [1.807, 2.05) is 0 Å². The van der Waals surface area contributed by atoms with Crippen molar-refractivity contribution in [2.24, 2.45) is 39.4 Å². The summed E-state index contributed by atoms with van der Waals surface area (Å²) in [7, 11) is 0. The first-order valence-corrected chi connectivity index (χ1v) is 16.4. The van der Waals surface area contributed by atoms with Crippen LogP contribution in [0.3, 0.4) is 0 Å². The molecule has 0 radical (unpaired) electrons. The summed E-state index contributed by atoms with van der Waals surface area (Å²) >= 11 is 0. The third-order valence-corrected chi connectivity index (χ3v) is 9.44. The van der Waals surface area contributed by atoms with E-state index in [-0.39, 0.29) is 24.9 Å². The zero-order chi connectivity index (χ0) is 35.3. The van der Waals surface area contributed by atoms with Crippen LogP contribution in [0.4, 0.5) is 0 Å². The Morgan fingerprint density at radius 1 is 1.00 bits per heavy atom. The lowest BCUT2D eigenvalue weighted by Crippen LogP contribution is -2.69. The van der Waals surface area contributed by atoms with Crippen molar-refractivity contribution in [1.82, 2.24) is 10.6 Å². The summed E-state index contributed by atoms with van der Waals surface area (Å²) in [4.78, 5) is 17.0. The molecule has 0 aromatic heterocycles. The van der Waals surface area contributed by atoms with Crippen molar-refractivity contribution in [2.75, 3.05) is 26.2 Å². The second-order valence-corrected chi connectivity index (χ2v) is 13.3. The Morgan fingerprint density at radius 2 is 1.71 bits per heavy atom. The van der Waals surface area contributed by atoms with Crippen molar-refractivity contribution in [3.05, 3.63) is 0 Å². The highest BCUT2D eigenvalue weighted by atomic mass is 16.7. The predicted molar refractivity (Wildman–Crippen MR) is 168 cm³/mol. The highest BCUT2D eigenvalue weighted by Crippen LogP contribution is 2.40. The number of nitrogens with two attached hydrogens (primary N) is 6. The fourth-order valence-electron chi connectivity index (χ4n) is 6.40. The molecule has 0 spiro atoms. The highest BCUT2D eigenvalue weighted by molar-refractivity contribution is 5.90. The summed E-state index contributed by atoms with van der Waals surface area (Å²) < 4.78 is 23.9. The maximum Gasteiger partial charge on any atom is 0.254 e. The van der Waals surface area contributed by atoms with Gasteiger partial charge in [-0.1, -0.05) is 0 Å². The molecule has 4 fully saturated rings. The van der Waals surface area contributed by atoms with Crippen molar-refractivity contribution >= 4 is 11.9 Å². The van der Waals surface area contributed by atoms with Gasteiger partial charge < -0.3 is 94.6 Å². The van der Waals surface area contributed by atoms with Crippen LogP contribution in [0.1, 0.15) is 38.5 Å². The Kier molecular flexibility index (Phi) is 13.7. The quantitative estimate of drug-likeness (QED) is 0.0559. The third kappa shape index (κ3) is 9.27. The Morgan fingerprint density at radius 3 is 2.38 bits per heavy atom. The summed E-state index contributed by atoms with van der Waals surface area (Å²) in [5.74, 6) is -1.15. The van der Waals surface area contributed by atoms with E-state index in [1.54, 1.807) is 0 Å². The Bertz CT molecular complexity index is 1080. The van der Waals surface area contributed by atoms with Crippen molar-refractivity contribution in [2.45, 2.75) is 136 Å². The fraction of sp³-hybridized carbons (Fsp3) is 0.929. The number of carbonyl (C=O) groups excluding carboxylic acids is 1. The molecule has 2 heterocycles. The number of amides is 1. The molecule has 4 unspecified atom stereocenters. The van der Waals surface area contributed by atoms with Gasteiger partial charge in [-0.15, -0.1) is 0 Å². The molecule has 2 saturated heterocycles. The molecule has 0 aromatic carbocycles. The van der Waals surface area contributed by atoms with E-state index >= 15 is 0 Å². The largest absolute Gasteiger partial charge is 0.394 e.